The minimum atomic E-state index is -0.618. The van der Waals surface area contributed by atoms with Crippen molar-refractivity contribution in [3.8, 4) is 0 Å². The Morgan fingerprint density at radius 1 is 1.41 bits per heavy atom. The maximum Gasteiger partial charge on any atom is 0.240 e. The SMILES string of the molecule is CC(C)C(NC(=O)C1(C)CCCC1N)C(N)=O. The lowest BCUT2D eigenvalue weighted by atomic mass is 9.83. The number of hydrogen-bond acceptors (Lipinski definition) is 3. The molecule has 0 aromatic rings. The van der Waals surface area contributed by atoms with E-state index >= 15 is 0 Å². The quantitative estimate of drug-likeness (QED) is 0.652. The van der Waals surface area contributed by atoms with Crippen LogP contribution in [0.5, 0.6) is 0 Å². The molecule has 3 unspecified atom stereocenters. The Bertz CT molecular complexity index is 317. The molecule has 1 fully saturated rings. The molecule has 0 aliphatic heterocycles. The van der Waals surface area contributed by atoms with Crippen LogP contribution in [0.2, 0.25) is 0 Å². The minimum absolute atomic E-state index is 0.0160. The van der Waals surface area contributed by atoms with Gasteiger partial charge in [-0.25, -0.2) is 0 Å². The molecule has 98 valence electrons. The summed E-state index contributed by atoms with van der Waals surface area (Å²) in [5.41, 5.74) is 10.7. The molecule has 5 N–H and O–H groups in total. The molecule has 0 heterocycles. The average Bonchev–Trinajstić information content (AvgIpc) is 2.55. The van der Waals surface area contributed by atoms with Gasteiger partial charge in [-0.15, -0.1) is 0 Å². The van der Waals surface area contributed by atoms with Crippen molar-refractivity contribution in [1.29, 1.82) is 0 Å². The zero-order valence-corrected chi connectivity index (χ0v) is 10.8. The third-order valence-corrected chi connectivity index (χ3v) is 3.81. The maximum atomic E-state index is 12.2. The Balaban J connectivity index is 2.74. The summed E-state index contributed by atoms with van der Waals surface area (Å²) in [6.07, 6.45) is 2.57. The predicted molar refractivity (Wildman–Crippen MR) is 65.9 cm³/mol. The van der Waals surface area contributed by atoms with E-state index in [4.69, 9.17) is 11.5 Å². The van der Waals surface area contributed by atoms with Crippen molar-refractivity contribution in [1.82, 2.24) is 5.32 Å². The zero-order chi connectivity index (χ0) is 13.2. The first-order valence-electron chi connectivity index (χ1n) is 6.15. The van der Waals surface area contributed by atoms with Gasteiger partial charge in [0.1, 0.15) is 6.04 Å². The summed E-state index contributed by atoms with van der Waals surface area (Å²) >= 11 is 0. The van der Waals surface area contributed by atoms with E-state index in [0.717, 1.165) is 19.3 Å². The van der Waals surface area contributed by atoms with Crippen LogP contribution in [0.4, 0.5) is 0 Å². The van der Waals surface area contributed by atoms with E-state index in [0.29, 0.717) is 0 Å². The van der Waals surface area contributed by atoms with Gasteiger partial charge >= 0.3 is 0 Å². The van der Waals surface area contributed by atoms with E-state index in [9.17, 15) is 9.59 Å². The lowest BCUT2D eigenvalue weighted by Crippen LogP contribution is -2.55. The molecular formula is C12H23N3O2. The highest BCUT2D eigenvalue weighted by Crippen LogP contribution is 2.36. The predicted octanol–water partition coefficient (Wildman–Crippen LogP) is 0.130. The molecule has 0 radical (unpaired) electrons. The summed E-state index contributed by atoms with van der Waals surface area (Å²) in [5, 5.41) is 2.74. The van der Waals surface area contributed by atoms with Crippen LogP contribution in [-0.4, -0.2) is 23.9 Å². The number of hydrogen-bond donors (Lipinski definition) is 3. The van der Waals surface area contributed by atoms with Crippen LogP contribution >= 0.6 is 0 Å². The highest BCUT2D eigenvalue weighted by atomic mass is 16.2. The van der Waals surface area contributed by atoms with E-state index in [1.807, 2.05) is 20.8 Å². The Kier molecular flexibility index (Phi) is 4.14. The fourth-order valence-corrected chi connectivity index (χ4v) is 2.35. The fraction of sp³-hybridized carbons (Fsp3) is 0.833. The largest absolute Gasteiger partial charge is 0.368 e. The molecule has 1 aliphatic carbocycles. The molecule has 0 spiro atoms. The second-order valence-corrected chi connectivity index (χ2v) is 5.51. The monoisotopic (exact) mass is 241 g/mol. The zero-order valence-electron chi connectivity index (χ0n) is 10.8. The molecule has 1 rings (SSSR count). The first-order chi connectivity index (χ1) is 7.79. The van der Waals surface area contributed by atoms with Crippen LogP contribution in [0.25, 0.3) is 0 Å². The molecule has 2 amide bonds. The van der Waals surface area contributed by atoms with Crippen molar-refractivity contribution in [2.75, 3.05) is 0 Å². The van der Waals surface area contributed by atoms with Crippen LogP contribution in [0.1, 0.15) is 40.0 Å². The van der Waals surface area contributed by atoms with Gasteiger partial charge in [0.15, 0.2) is 0 Å². The van der Waals surface area contributed by atoms with Gasteiger partial charge in [0.2, 0.25) is 11.8 Å². The van der Waals surface area contributed by atoms with E-state index in [1.54, 1.807) is 0 Å². The topological polar surface area (TPSA) is 98.2 Å². The summed E-state index contributed by atoms with van der Waals surface area (Å²) in [4.78, 5) is 23.5. The van der Waals surface area contributed by atoms with Gasteiger partial charge in [0.05, 0.1) is 5.41 Å². The molecule has 0 aromatic carbocycles. The third-order valence-electron chi connectivity index (χ3n) is 3.81. The van der Waals surface area contributed by atoms with Crippen molar-refractivity contribution in [2.24, 2.45) is 22.8 Å². The average molecular weight is 241 g/mol. The molecule has 0 saturated heterocycles. The second-order valence-electron chi connectivity index (χ2n) is 5.51. The van der Waals surface area contributed by atoms with Gasteiger partial charge in [-0.3, -0.25) is 9.59 Å². The summed E-state index contributed by atoms with van der Waals surface area (Å²) in [5.74, 6) is -0.666. The maximum absolute atomic E-state index is 12.2. The molecule has 17 heavy (non-hydrogen) atoms. The van der Waals surface area contributed by atoms with Crippen molar-refractivity contribution in [3.63, 3.8) is 0 Å². The minimum Gasteiger partial charge on any atom is -0.368 e. The lowest BCUT2D eigenvalue weighted by molar-refractivity contribution is -0.135. The van der Waals surface area contributed by atoms with Crippen LogP contribution < -0.4 is 16.8 Å². The molecule has 0 aromatic heterocycles. The van der Waals surface area contributed by atoms with E-state index in [2.05, 4.69) is 5.32 Å². The standard InChI is InChI=1S/C12H23N3O2/c1-7(2)9(10(14)16)15-11(17)12(3)6-4-5-8(12)13/h7-9H,4-6,13H2,1-3H3,(H2,14,16)(H,15,17). The molecule has 1 saturated carbocycles. The van der Waals surface area contributed by atoms with Crippen molar-refractivity contribution in [3.05, 3.63) is 0 Å². The lowest BCUT2D eigenvalue weighted by Gasteiger charge is -2.30. The Morgan fingerprint density at radius 3 is 2.35 bits per heavy atom. The molecule has 1 aliphatic rings. The van der Waals surface area contributed by atoms with Gasteiger partial charge in [0, 0.05) is 6.04 Å². The highest BCUT2D eigenvalue weighted by Gasteiger charge is 2.44. The van der Waals surface area contributed by atoms with Crippen molar-refractivity contribution in [2.45, 2.75) is 52.1 Å². The Labute approximate surface area is 102 Å². The van der Waals surface area contributed by atoms with Crippen LogP contribution in [-0.2, 0) is 9.59 Å². The smallest absolute Gasteiger partial charge is 0.240 e. The number of rotatable bonds is 4. The molecular weight excluding hydrogens is 218 g/mol. The van der Waals surface area contributed by atoms with E-state index < -0.39 is 17.4 Å². The van der Waals surface area contributed by atoms with Crippen molar-refractivity contribution >= 4 is 11.8 Å². The number of nitrogens with one attached hydrogen (secondary N) is 1. The molecule has 0 bridgehead atoms. The normalized spacial score (nSPS) is 30.3. The molecule has 3 atom stereocenters. The first-order valence-corrected chi connectivity index (χ1v) is 6.15. The molecule has 5 heteroatoms. The number of carbonyl (C=O) groups excluding carboxylic acids is 2. The van der Waals surface area contributed by atoms with Gasteiger partial charge in [0.25, 0.3) is 0 Å². The van der Waals surface area contributed by atoms with Gasteiger partial charge in [-0.05, 0) is 25.7 Å². The van der Waals surface area contributed by atoms with Crippen LogP contribution in [0.3, 0.4) is 0 Å². The summed E-state index contributed by atoms with van der Waals surface area (Å²) < 4.78 is 0. The van der Waals surface area contributed by atoms with Gasteiger partial charge < -0.3 is 16.8 Å². The number of primary amides is 1. The van der Waals surface area contributed by atoms with Crippen molar-refractivity contribution < 1.29 is 9.59 Å². The third kappa shape index (κ3) is 2.77. The Morgan fingerprint density at radius 2 is 2.00 bits per heavy atom. The number of amides is 2. The van der Waals surface area contributed by atoms with Crippen LogP contribution in [0.15, 0.2) is 0 Å². The summed E-state index contributed by atoms with van der Waals surface area (Å²) in [6.45, 7) is 5.57. The highest BCUT2D eigenvalue weighted by molar-refractivity contribution is 5.90. The number of carbonyl (C=O) groups is 2. The first kappa shape index (κ1) is 14.0. The number of nitrogens with two attached hydrogens (primary N) is 2. The van der Waals surface area contributed by atoms with Gasteiger partial charge in [-0.2, -0.15) is 0 Å². The Hall–Kier alpha value is -1.10. The fourth-order valence-electron chi connectivity index (χ4n) is 2.35. The van der Waals surface area contributed by atoms with E-state index in [-0.39, 0.29) is 17.9 Å². The van der Waals surface area contributed by atoms with Gasteiger partial charge in [-0.1, -0.05) is 20.3 Å². The summed E-state index contributed by atoms with van der Waals surface area (Å²) in [6, 6.07) is -0.754. The van der Waals surface area contributed by atoms with Crippen LogP contribution in [0, 0.1) is 11.3 Å². The summed E-state index contributed by atoms with van der Waals surface area (Å²) in [7, 11) is 0. The van der Waals surface area contributed by atoms with E-state index in [1.165, 1.54) is 0 Å². The molecule has 5 nitrogen and oxygen atoms in total. The second kappa shape index (κ2) is 5.04.